The normalized spacial score (nSPS) is 14.2. The van der Waals surface area contributed by atoms with Crippen LogP contribution >= 0.6 is 7.82 Å². The molecule has 0 aliphatic carbocycles. The Morgan fingerprint density at radius 3 is 1.71 bits per heavy atom. The van der Waals surface area contributed by atoms with E-state index in [-0.39, 0.29) is 25.8 Å². The first-order valence-electron chi connectivity index (χ1n) is 20.7. The van der Waals surface area contributed by atoms with E-state index in [1.54, 1.807) is 0 Å². The molecule has 300 valence electrons. The molecule has 51 heavy (non-hydrogen) atoms. The van der Waals surface area contributed by atoms with Gasteiger partial charge in [-0.1, -0.05) is 153 Å². The van der Waals surface area contributed by atoms with Gasteiger partial charge in [-0.3, -0.25) is 13.8 Å². The largest absolute Gasteiger partial charge is 0.472 e. The number of hydrogen-bond donors (Lipinski definition) is 1. The molecule has 0 aliphatic rings. The van der Waals surface area contributed by atoms with Gasteiger partial charge in [-0.15, -0.1) is 0 Å². The van der Waals surface area contributed by atoms with Crippen molar-refractivity contribution in [2.24, 2.45) is 0 Å². The topological polar surface area (TPSA) is 91.3 Å². The smallest absolute Gasteiger partial charge is 0.463 e. The van der Waals surface area contributed by atoms with Crippen molar-refractivity contribution in [3.63, 3.8) is 0 Å². The highest BCUT2D eigenvalue weighted by Crippen LogP contribution is 2.43. The lowest BCUT2D eigenvalue weighted by Crippen LogP contribution is -2.37. The van der Waals surface area contributed by atoms with Gasteiger partial charge in [0.1, 0.15) is 25.9 Å². The van der Waals surface area contributed by atoms with E-state index >= 15 is 0 Å². The van der Waals surface area contributed by atoms with Crippen molar-refractivity contribution in [2.75, 3.05) is 54.1 Å². The summed E-state index contributed by atoms with van der Waals surface area (Å²) in [4.78, 5) is 22.6. The minimum Gasteiger partial charge on any atom is -0.463 e. The van der Waals surface area contributed by atoms with Crippen molar-refractivity contribution in [3.8, 4) is 0 Å². The average molecular weight is 743 g/mol. The fourth-order valence-electron chi connectivity index (χ4n) is 5.48. The van der Waals surface area contributed by atoms with Crippen LogP contribution in [0.2, 0.25) is 0 Å². The third-order valence-electron chi connectivity index (χ3n) is 8.75. The Kier molecular flexibility index (Phi) is 34.8. The highest BCUT2D eigenvalue weighted by molar-refractivity contribution is 7.47. The van der Waals surface area contributed by atoms with Crippen LogP contribution in [0, 0.1) is 0 Å². The molecule has 8 nitrogen and oxygen atoms in total. The van der Waals surface area contributed by atoms with Gasteiger partial charge in [0.2, 0.25) is 0 Å². The first kappa shape index (κ1) is 49.7. The zero-order valence-corrected chi connectivity index (χ0v) is 34.7. The molecule has 0 radical (unpaired) electrons. The van der Waals surface area contributed by atoms with E-state index in [1.807, 2.05) is 21.1 Å². The fourth-order valence-corrected chi connectivity index (χ4v) is 6.22. The van der Waals surface area contributed by atoms with E-state index < -0.39 is 13.9 Å². The van der Waals surface area contributed by atoms with E-state index in [2.05, 4.69) is 50.3 Å². The number of nitrogens with zero attached hydrogens (tertiary/aromatic N) is 1. The number of unbranched alkanes of at least 4 members (excludes halogenated alkanes) is 18. The second kappa shape index (κ2) is 35.7. The van der Waals surface area contributed by atoms with Crippen molar-refractivity contribution in [1.82, 2.24) is 0 Å². The van der Waals surface area contributed by atoms with E-state index in [1.165, 1.54) is 83.5 Å². The molecule has 0 aromatic carbocycles. The molecule has 0 heterocycles. The lowest BCUT2D eigenvalue weighted by molar-refractivity contribution is -0.870. The number of quaternary nitrogens is 1. The Labute approximate surface area is 315 Å². The van der Waals surface area contributed by atoms with E-state index in [0.717, 1.165) is 64.2 Å². The molecule has 0 rings (SSSR count). The molecule has 0 saturated carbocycles. The minimum atomic E-state index is -4.24. The molecule has 2 atom stereocenters. The fraction of sp³-hybridized carbons (Fsp3) is 0.833. The van der Waals surface area contributed by atoms with Crippen molar-refractivity contribution in [1.29, 1.82) is 0 Å². The number of rotatable bonds is 38. The summed E-state index contributed by atoms with van der Waals surface area (Å²) in [6.07, 6.45) is 40.4. The predicted molar refractivity (Wildman–Crippen MR) is 215 cm³/mol. The summed E-state index contributed by atoms with van der Waals surface area (Å²) >= 11 is 0. The van der Waals surface area contributed by atoms with Crippen LogP contribution in [0.4, 0.5) is 0 Å². The summed E-state index contributed by atoms with van der Waals surface area (Å²) in [6, 6.07) is 0. The van der Waals surface area contributed by atoms with Gasteiger partial charge >= 0.3 is 13.8 Å². The maximum absolute atomic E-state index is 12.5. The monoisotopic (exact) mass is 743 g/mol. The molecule has 0 bridgehead atoms. The molecule has 0 amide bonds. The highest BCUT2D eigenvalue weighted by atomic mass is 31.2. The Morgan fingerprint density at radius 1 is 0.627 bits per heavy atom. The number of esters is 1. The van der Waals surface area contributed by atoms with Crippen LogP contribution in [-0.2, 0) is 27.9 Å². The Bertz CT molecular complexity index is 915. The maximum Gasteiger partial charge on any atom is 0.472 e. The third-order valence-corrected chi connectivity index (χ3v) is 9.74. The number of allylic oxidation sites excluding steroid dienone is 6. The number of carbonyl (C=O) groups excluding carboxylic acids is 1. The van der Waals surface area contributed by atoms with Crippen molar-refractivity contribution in [2.45, 2.75) is 174 Å². The standard InChI is InChI=1S/C42H80NO7P/c1-6-8-10-12-14-16-18-20-21-22-24-26-28-30-32-34-37-47-41(40-50-51(45,46)49-38-36-43(3,4)5)39-48-42(44)35-33-31-29-27-25-23-19-17-15-13-11-9-7-2/h8,10,14,16,20-21,41H,6-7,9,11-13,15,17-19,22-40H2,1-5H3/p+1/b10-8-,16-14-,21-20-/t41-/m1/s1. The van der Waals surface area contributed by atoms with Crippen LogP contribution in [0.15, 0.2) is 36.5 Å². The first-order valence-corrected chi connectivity index (χ1v) is 22.2. The van der Waals surface area contributed by atoms with Gasteiger partial charge in [0.05, 0.1) is 27.7 Å². The van der Waals surface area contributed by atoms with Gasteiger partial charge in [-0.25, -0.2) is 4.57 Å². The van der Waals surface area contributed by atoms with E-state index in [9.17, 15) is 14.3 Å². The van der Waals surface area contributed by atoms with Crippen LogP contribution in [-0.4, -0.2) is 75.6 Å². The van der Waals surface area contributed by atoms with Crippen LogP contribution in [0.25, 0.3) is 0 Å². The van der Waals surface area contributed by atoms with E-state index in [0.29, 0.717) is 24.1 Å². The molecule has 0 spiro atoms. The van der Waals surface area contributed by atoms with Gasteiger partial charge in [0.15, 0.2) is 0 Å². The quantitative estimate of drug-likeness (QED) is 0.0221. The molecular formula is C42H81NO7P+. The predicted octanol–water partition coefficient (Wildman–Crippen LogP) is 11.8. The molecule has 0 aromatic heterocycles. The summed E-state index contributed by atoms with van der Waals surface area (Å²) < 4.78 is 35.0. The zero-order chi connectivity index (χ0) is 37.7. The first-order chi connectivity index (χ1) is 24.6. The number of ether oxygens (including phenoxy) is 2. The summed E-state index contributed by atoms with van der Waals surface area (Å²) in [5.41, 5.74) is 0. The Balaban J connectivity index is 4.28. The van der Waals surface area contributed by atoms with Crippen molar-refractivity contribution in [3.05, 3.63) is 36.5 Å². The summed E-state index contributed by atoms with van der Waals surface area (Å²) in [6.45, 7) is 5.37. The second-order valence-electron chi connectivity index (χ2n) is 15.0. The van der Waals surface area contributed by atoms with Gasteiger partial charge in [0, 0.05) is 13.0 Å². The second-order valence-corrected chi connectivity index (χ2v) is 16.4. The summed E-state index contributed by atoms with van der Waals surface area (Å²) in [5, 5.41) is 0. The molecular weight excluding hydrogens is 661 g/mol. The number of hydrogen-bond acceptors (Lipinski definition) is 6. The molecule has 1 unspecified atom stereocenters. The van der Waals surface area contributed by atoms with Gasteiger partial charge in [-0.05, 0) is 44.9 Å². The SMILES string of the molecule is CC/C=C\C/C=C\C/C=C\CCCCCCCCO[C@H](COC(=O)CCCCCCCCCCCCCCC)COP(=O)(O)OCC[N+](C)(C)C. The van der Waals surface area contributed by atoms with Crippen LogP contribution in [0.5, 0.6) is 0 Å². The number of phosphoric acid groups is 1. The molecule has 1 N–H and O–H groups in total. The lowest BCUT2D eigenvalue weighted by atomic mass is 10.0. The Hall–Kier alpha value is -1.28. The molecule has 0 aliphatic heterocycles. The number of likely N-dealkylation sites (N-methyl/N-ethyl adjacent to an activating group) is 1. The van der Waals surface area contributed by atoms with Crippen LogP contribution in [0.1, 0.15) is 168 Å². The number of carbonyl (C=O) groups is 1. The van der Waals surface area contributed by atoms with Crippen molar-refractivity contribution < 1.29 is 37.3 Å². The van der Waals surface area contributed by atoms with Gasteiger partial charge in [0.25, 0.3) is 0 Å². The average Bonchev–Trinajstić information content (AvgIpc) is 3.08. The molecule has 0 saturated heterocycles. The molecule has 0 aromatic rings. The Morgan fingerprint density at radius 2 is 1.14 bits per heavy atom. The maximum atomic E-state index is 12.5. The number of phosphoric ester groups is 1. The minimum absolute atomic E-state index is 0.00459. The third kappa shape index (κ3) is 39.8. The van der Waals surface area contributed by atoms with Crippen LogP contribution in [0.3, 0.4) is 0 Å². The van der Waals surface area contributed by atoms with Gasteiger partial charge < -0.3 is 18.9 Å². The summed E-state index contributed by atoms with van der Waals surface area (Å²) in [7, 11) is 1.70. The zero-order valence-electron chi connectivity index (χ0n) is 33.8. The van der Waals surface area contributed by atoms with Crippen LogP contribution < -0.4 is 0 Å². The van der Waals surface area contributed by atoms with Crippen molar-refractivity contribution >= 4 is 13.8 Å². The van der Waals surface area contributed by atoms with E-state index in [4.69, 9.17) is 18.5 Å². The van der Waals surface area contributed by atoms with Gasteiger partial charge in [-0.2, -0.15) is 0 Å². The highest BCUT2D eigenvalue weighted by Gasteiger charge is 2.25. The lowest BCUT2D eigenvalue weighted by Gasteiger charge is -2.24. The summed E-state index contributed by atoms with van der Waals surface area (Å²) in [5.74, 6) is -0.260. The molecule has 0 fully saturated rings. The molecule has 9 heteroatoms.